The maximum Gasteiger partial charge on any atom is 0.276 e. The average molecular weight is 257 g/mol. The number of aryl methyl sites for hydroxylation is 1. The van der Waals surface area contributed by atoms with Crippen molar-refractivity contribution in [2.75, 3.05) is 16.8 Å². The Hall–Kier alpha value is -2.50. The van der Waals surface area contributed by atoms with Crippen LogP contribution in [0.25, 0.3) is 0 Å². The summed E-state index contributed by atoms with van der Waals surface area (Å²) in [6, 6.07) is 6.00. The molecule has 1 heterocycles. The largest absolute Gasteiger partial charge is 0.399 e. The van der Waals surface area contributed by atoms with Crippen LogP contribution in [0.15, 0.2) is 29.3 Å². The molecule has 0 aliphatic heterocycles. The molecular weight excluding hydrogens is 242 g/mol. The van der Waals surface area contributed by atoms with Crippen LogP contribution in [0.5, 0.6) is 0 Å². The summed E-state index contributed by atoms with van der Waals surface area (Å²) in [7, 11) is 0. The second-order valence-electron chi connectivity index (χ2n) is 4.69. The Morgan fingerprint density at radius 1 is 1.37 bits per heavy atom. The third kappa shape index (κ3) is 2.01. The fraction of sp³-hybridized carbons (Fsp3) is 0.231. The molecule has 2 aromatic rings. The van der Waals surface area contributed by atoms with Gasteiger partial charge in [-0.15, -0.1) is 0 Å². The Balaban J connectivity index is 1.91. The summed E-state index contributed by atoms with van der Waals surface area (Å²) >= 11 is 0. The van der Waals surface area contributed by atoms with E-state index in [0.29, 0.717) is 5.82 Å². The van der Waals surface area contributed by atoms with Gasteiger partial charge < -0.3 is 21.8 Å². The molecule has 1 aromatic heterocycles. The zero-order valence-electron chi connectivity index (χ0n) is 10.3. The van der Waals surface area contributed by atoms with Crippen molar-refractivity contribution < 1.29 is 0 Å². The van der Waals surface area contributed by atoms with E-state index in [-0.39, 0.29) is 17.3 Å². The lowest BCUT2D eigenvalue weighted by atomic mass is 10.1. The van der Waals surface area contributed by atoms with E-state index in [1.165, 1.54) is 17.5 Å². The van der Waals surface area contributed by atoms with E-state index < -0.39 is 0 Å². The summed E-state index contributed by atoms with van der Waals surface area (Å²) in [5.74, 6) is 0.429. The van der Waals surface area contributed by atoms with Crippen molar-refractivity contribution in [3.8, 4) is 0 Å². The molecule has 0 amide bonds. The normalized spacial score (nSPS) is 17.2. The van der Waals surface area contributed by atoms with Crippen molar-refractivity contribution in [2.45, 2.75) is 18.9 Å². The van der Waals surface area contributed by atoms with E-state index in [1.54, 1.807) is 0 Å². The van der Waals surface area contributed by atoms with Crippen molar-refractivity contribution in [3.05, 3.63) is 46.0 Å². The lowest BCUT2D eigenvalue weighted by Crippen LogP contribution is -2.18. The summed E-state index contributed by atoms with van der Waals surface area (Å²) in [5.41, 5.74) is 14.5. The predicted octanol–water partition coefficient (Wildman–Crippen LogP) is 1.03. The van der Waals surface area contributed by atoms with E-state index in [2.05, 4.69) is 15.3 Å². The fourth-order valence-corrected chi connectivity index (χ4v) is 2.48. The van der Waals surface area contributed by atoms with Crippen LogP contribution in [-0.2, 0) is 6.42 Å². The SMILES string of the molecule is Nc1ccc2c(c1)CCC2Nc1nc[nH]c(=O)c1N. The molecule has 98 valence electrons. The number of anilines is 3. The lowest BCUT2D eigenvalue weighted by molar-refractivity contribution is 0.756. The summed E-state index contributed by atoms with van der Waals surface area (Å²) in [6.45, 7) is 0. The summed E-state index contributed by atoms with van der Waals surface area (Å²) in [4.78, 5) is 17.9. The molecule has 6 nitrogen and oxygen atoms in total. The van der Waals surface area contributed by atoms with Gasteiger partial charge >= 0.3 is 0 Å². The standard InChI is InChI=1S/C13H15N5O/c14-8-2-3-9-7(5-8)1-4-10(9)18-12-11(15)13(19)17-6-16-12/h2-3,5-6,10H,1,4,14-15H2,(H2,16,17,18,19). The number of aromatic amines is 1. The summed E-state index contributed by atoms with van der Waals surface area (Å²) < 4.78 is 0. The Kier molecular flexibility index (Phi) is 2.63. The first-order valence-electron chi connectivity index (χ1n) is 6.13. The molecule has 0 radical (unpaired) electrons. The molecule has 0 spiro atoms. The zero-order valence-corrected chi connectivity index (χ0v) is 10.3. The number of hydrogen-bond acceptors (Lipinski definition) is 5. The van der Waals surface area contributed by atoms with E-state index in [9.17, 15) is 4.79 Å². The number of fused-ring (bicyclic) bond motifs is 1. The number of rotatable bonds is 2. The minimum Gasteiger partial charge on any atom is -0.399 e. The molecule has 0 bridgehead atoms. The minimum atomic E-state index is -0.326. The summed E-state index contributed by atoms with van der Waals surface area (Å²) in [5, 5.41) is 3.23. The van der Waals surface area contributed by atoms with E-state index >= 15 is 0 Å². The highest BCUT2D eigenvalue weighted by Gasteiger charge is 2.23. The van der Waals surface area contributed by atoms with E-state index in [4.69, 9.17) is 11.5 Å². The maximum absolute atomic E-state index is 11.4. The molecule has 1 aliphatic rings. The van der Waals surface area contributed by atoms with Gasteiger partial charge in [0.2, 0.25) is 0 Å². The molecule has 6 N–H and O–H groups in total. The van der Waals surface area contributed by atoms with Crippen LogP contribution in [0, 0.1) is 0 Å². The van der Waals surface area contributed by atoms with Gasteiger partial charge in [-0.25, -0.2) is 4.98 Å². The second kappa shape index (κ2) is 4.31. The number of nitrogen functional groups attached to an aromatic ring is 2. The first kappa shape index (κ1) is 11.6. The number of benzene rings is 1. The highest BCUT2D eigenvalue weighted by molar-refractivity contribution is 5.61. The quantitative estimate of drug-likeness (QED) is 0.601. The van der Waals surface area contributed by atoms with Crippen LogP contribution < -0.4 is 22.3 Å². The zero-order chi connectivity index (χ0) is 13.4. The van der Waals surface area contributed by atoms with Gasteiger partial charge in [0.1, 0.15) is 5.69 Å². The molecule has 19 heavy (non-hydrogen) atoms. The topological polar surface area (TPSA) is 110 Å². The second-order valence-corrected chi connectivity index (χ2v) is 4.69. The molecule has 1 unspecified atom stereocenters. The molecule has 0 saturated carbocycles. The number of aromatic nitrogens is 2. The van der Waals surface area contributed by atoms with Gasteiger partial charge in [-0.1, -0.05) is 6.07 Å². The average Bonchev–Trinajstić information content (AvgIpc) is 2.77. The maximum atomic E-state index is 11.4. The van der Waals surface area contributed by atoms with Crippen molar-refractivity contribution in [2.24, 2.45) is 0 Å². The van der Waals surface area contributed by atoms with Crippen molar-refractivity contribution >= 4 is 17.2 Å². The smallest absolute Gasteiger partial charge is 0.276 e. The van der Waals surface area contributed by atoms with Crippen LogP contribution in [0.2, 0.25) is 0 Å². The van der Waals surface area contributed by atoms with Crippen LogP contribution in [0.3, 0.4) is 0 Å². The monoisotopic (exact) mass is 257 g/mol. The molecule has 0 fully saturated rings. The number of H-pyrrole nitrogens is 1. The van der Waals surface area contributed by atoms with Gasteiger partial charge in [0.05, 0.1) is 12.4 Å². The summed E-state index contributed by atoms with van der Waals surface area (Å²) in [6.07, 6.45) is 3.24. The molecule has 0 saturated heterocycles. The van der Waals surface area contributed by atoms with Gasteiger partial charge in [-0.3, -0.25) is 4.79 Å². The molecule has 6 heteroatoms. The van der Waals surface area contributed by atoms with Gasteiger partial charge in [-0.05, 0) is 36.1 Å². The van der Waals surface area contributed by atoms with Crippen molar-refractivity contribution in [1.82, 2.24) is 9.97 Å². The fourth-order valence-electron chi connectivity index (χ4n) is 2.48. The Morgan fingerprint density at radius 3 is 3.05 bits per heavy atom. The van der Waals surface area contributed by atoms with Gasteiger partial charge in [-0.2, -0.15) is 0 Å². The van der Waals surface area contributed by atoms with Gasteiger partial charge in [0.25, 0.3) is 5.56 Å². The van der Waals surface area contributed by atoms with E-state index in [0.717, 1.165) is 18.5 Å². The number of nitrogens with one attached hydrogen (secondary N) is 2. The van der Waals surface area contributed by atoms with Crippen molar-refractivity contribution in [1.29, 1.82) is 0 Å². The van der Waals surface area contributed by atoms with Crippen LogP contribution in [0.1, 0.15) is 23.6 Å². The predicted molar refractivity (Wildman–Crippen MR) is 74.8 cm³/mol. The molecule has 3 rings (SSSR count). The van der Waals surface area contributed by atoms with Crippen LogP contribution in [-0.4, -0.2) is 9.97 Å². The first-order valence-corrected chi connectivity index (χ1v) is 6.13. The van der Waals surface area contributed by atoms with Crippen molar-refractivity contribution in [3.63, 3.8) is 0 Å². The Labute approximate surface area is 109 Å². The highest BCUT2D eigenvalue weighted by Crippen LogP contribution is 2.34. The number of hydrogen-bond donors (Lipinski definition) is 4. The molecule has 1 aromatic carbocycles. The first-order chi connectivity index (χ1) is 9.15. The Morgan fingerprint density at radius 2 is 2.21 bits per heavy atom. The Bertz CT molecular complexity index is 679. The van der Waals surface area contributed by atoms with Crippen LogP contribution >= 0.6 is 0 Å². The molecular formula is C13H15N5O. The molecule has 1 aliphatic carbocycles. The van der Waals surface area contributed by atoms with Crippen LogP contribution in [0.4, 0.5) is 17.2 Å². The highest BCUT2D eigenvalue weighted by atomic mass is 16.1. The third-order valence-electron chi connectivity index (χ3n) is 3.44. The molecule has 1 atom stereocenters. The third-order valence-corrected chi connectivity index (χ3v) is 3.44. The van der Waals surface area contributed by atoms with Gasteiger partial charge in [0, 0.05) is 5.69 Å². The lowest BCUT2D eigenvalue weighted by Gasteiger charge is -2.15. The minimum absolute atomic E-state index is 0.117. The number of nitrogens with two attached hydrogens (primary N) is 2. The number of nitrogens with zero attached hydrogens (tertiary/aromatic N) is 1. The van der Waals surface area contributed by atoms with E-state index in [1.807, 2.05) is 18.2 Å². The van der Waals surface area contributed by atoms with Gasteiger partial charge in [0.15, 0.2) is 5.82 Å².